The summed E-state index contributed by atoms with van der Waals surface area (Å²) >= 11 is 0. The van der Waals surface area contributed by atoms with E-state index in [1.54, 1.807) is 6.21 Å². The van der Waals surface area contributed by atoms with Crippen LogP contribution in [0.2, 0.25) is 0 Å². The Morgan fingerprint density at radius 1 is 1.25 bits per heavy atom. The molecule has 0 amide bonds. The number of ether oxygens (including phenoxy) is 1. The van der Waals surface area contributed by atoms with Crippen molar-refractivity contribution in [1.82, 2.24) is 10.1 Å². The lowest BCUT2D eigenvalue weighted by Crippen LogP contribution is -2.16. The molecule has 0 fully saturated rings. The highest BCUT2D eigenvalue weighted by molar-refractivity contribution is 5.64. The van der Waals surface area contributed by atoms with E-state index in [0.29, 0.717) is 12.0 Å². The van der Waals surface area contributed by atoms with Crippen LogP contribution in [-0.2, 0) is 0 Å². The molecule has 9 heteroatoms. The zero-order valence-corrected chi connectivity index (χ0v) is 12.3. The summed E-state index contributed by atoms with van der Waals surface area (Å²) < 4.78 is 45.3. The van der Waals surface area contributed by atoms with Gasteiger partial charge in [0.15, 0.2) is 0 Å². The van der Waals surface area contributed by atoms with Crippen molar-refractivity contribution in [3.8, 4) is 17.1 Å². The molecule has 126 valence electrons. The number of nitrogens with two attached hydrogens (primary N) is 1. The van der Waals surface area contributed by atoms with Crippen LogP contribution in [0.1, 0.15) is 24.8 Å². The molecule has 0 bridgehead atoms. The molecule has 0 radical (unpaired) electrons. The molecule has 0 aliphatic carbocycles. The molecule has 1 atom stereocenters. The van der Waals surface area contributed by atoms with Gasteiger partial charge in [-0.2, -0.15) is 4.98 Å². The zero-order valence-electron chi connectivity index (χ0n) is 12.3. The maximum absolute atomic E-state index is 12.1. The number of aromatic nitrogens is 2. The summed E-state index contributed by atoms with van der Waals surface area (Å²) in [4.78, 5) is 8.35. The monoisotopic (exact) mass is 338 g/mol. The molecular weight excluding hydrogens is 325 g/mol. The van der Waals surface area contributed by atoms with Gasteiger partial charge >= 0.3 is 6.36 Å². The van der Waals surface area contributed by atoms with Crippen molar-refractivity contribution < 1.29 is 22.4 Å². The van der Waals surface area contributed by atoms with Gasteiger partial charge in [-0.1, -0.05) is 11.2 Å². The first-order chi connectivity index (χ1) is 11.4. The van der Waals surface area contributed by atoms with Crippen molar-refractivity contribution in [3.05, 3.63) is 41.9 Å². The van der Waals surface area contributed by atoms with Crippen molar-refractivity contribution in [2.45, 2.75) is 25.2 Å². The molecule has 2 aromatic rings. The molecule has 0 spiro atoms. The van der Waals surface area contributed by atoms with Gasteiger partial charge in [0, 0.05) is 30.3 Å². The molecule has 1 unspecified atom stereocenters. The van der Waals surface area contributed by atoms with Gasteiger partial charge in [-0.3, -0.25) is 4.99 Å². The smallest absolute Gasteiger partial charge is 0.406 e. The van der Waals surface area contributed by atoms with Crippen LogP contribution in [0, 0.1) is 0 Å². The van der Waals surface area contributed by atoms with Gasteiger partial charge in [0.05, 0.1) is 6.04 Å². The minimum atomic E-state index is -4.73. The Bertz CT molecular complexity index is 766. The number of hydrogen-bond donors (Lipinski definition) is 1. The van der Waals surface area contributed by atoms with E-state index < -0.39 is 12.4 Å². The highest BCUT2D eigenvalue weighted by Crippen LogP contribution is 2.27. The highest BCUT2D eigenvalue weighted by Gasteiger charge is 2.31. The van der Waals surface area contributed by atoms with Crippen molar-refractivity contribution in [3.63, 3.8) is 0 Å². The number of halogens is 3. The van der Waals surface area contributed by atoms with Crippen molar-refractivity contribution >= 4 is 6.21 Å². The Morgan fingerprint density at radius 2 is 2.00 bits per heavy atom. The van der Waals surface area contributed by atoms with E-state index in [-0.39, 0.29) is 17.5 Å². The predicted octanol–water partition coefficient (Wildman–Crippen LogP) is 3.38. The normalized spacial score (nSPS) is 15.4. The summed E-state index contributed by atoms with van der Waals surface area (Å²) in [6, 6.07) is 4.67. The molecule has 1 aromatic carbocycles. The SMILES string of the molecule is NC(CC1=CCC=N1)c1nc(-c2ccc(OC(F)(F)F)cc2)no1. The third-order valence-electron chi connectivity index (χ3n) is 3.25. The van der Waals surface area contributed by atoms with Crippen molar-refractivity contribution in [2.75, 3.05) is 0 Å². The first-order valence-electron chi connectivity index (χ1n) is 7.07. The lowest BCUT2D eigenvalue weighted by Gasteiger charge is -2.08. The largest absolute Gasteiger partial charge is 0.573 e. The average Bonchev–Trinajstić information content (AvgIpc) is 3.17. The summed E-state index contributed by atoms with van der Waals surface area (Å²) in [6.07, 6.45) is 0.257. The Balaban J connectivity index is 1.69. The number of aliphatic imine (C=N–C) groups is 1. The minimum Gasteiger partial charge on any atom is -0.406 e. The molecule has 1 aliphatic heterocycles. The van der Waals surface area contributed by atoms with Gasteiger partial charge in [-0.15, -0.1) is 13.2 Å². The molecule has 2 heterocycles. The van der Waals surface area contributed by atoms with Gasteiger partial charge in [0.2, 0.25) is 11.7 Å². The van der Waals surface area contributed by atoms with E-state index in [2.05, 4.69) is 19.9 Å². The van der Waals surface area contributed by atoms with E-state index in [1.807, 2.05) is 6.08 Å². The molecule has 3 rings (SSSR count). The summed E-state index contributed by atoms with van der Waals surface area (Å²) in [7, 11) is 0. The topological polar surface area (TPSA) is 86.5 Å². The van der Waals surface area contributed by atoms with Crippen LogP contribution in [0.5, 0.6) is 5.75 Å². The first kappa shape index (κ1) is 16.2. The van der Waals surface area contributed by atoms with Gasteiger partial charge in [0.1, 0.15) is 5.75 Å². The van der Waals surface area contributed by atoms with E-state index in [0.717, 1.165) is 12.1 Å². The van der Waals surface area contributed by atoms with E-state index in [9.17, 15) is 13.2 Å². The van der Waals surface area contributed by atoms with Crippen LogP contribution < -0.4 is 10.5 Å². The number of benzene rings is 1. The fraction of sp³-hybridized carbons (Fsp3) is 0.267. The molecule has 0 saturated heterocycles. The molecule has 24 heavy (non-hydrogen) atoms. The standard InChI is InChI=1S/C15H13F3N4O2/c16-15(17,18)23-11-5-3-9(4-6-11)13-21-14(24-22-13)12(19)8-10-2-1-7-20-10/h2-7,12H,1,8,19H2. The lowest BCUT2D eigenvalue weighted by atomic mass is 10.1. The summed E-state index contributed by atoms with van der Waals surface area (Å²) in [5.41, 5.74) is 7.35. The van der Waals surface area contributed by atoms with Crippen molar-refractivity contribution in [1.29, 1.82) is 0 Å². The Kier molecular flexibility index (Phi) is 4.34. The van der Waals surface area contributed by atoms with Crippen LogP contribution in [-0.4, -0.2) is 22.7 Å². The third kappa shape index (κ3) is 3.99. The molecule has 2 N–H and O–H groups in total. The quantitative estimate of drug-likeness (QED) is 0.903. The van der Waals surface area contributed by atoms with E-state index in [1.165, 1.54) is 24.3 Å². The number of alkyl halides is 3. The summed E-state index contributed by atoms with van der Waals surface area (Å²) in [5.74, 6) is 0.157. The van der Waals surface area contributed by atoms with Crippen LogP contribution in [0.3, 0.4) is 0 Å². The van der Waals surface area contributed by atoms with Gasteiger partial charge in [-0.05, 0) is 24.3 Å². The molecule has 1 aliphatic rings. The number of hydrogen-bond acceptors (Lipinski definition) is 6. The Labute approximate surface area is 134 Å². The molecular formula is C15H13F3N4O2. The summed E-state index contributed by atoms with van der Waals surface area (Å²) in [6.45, 7) is 0. The second-order valence-electron chi connectivity index (χ2n) is 5.08. The lowest BCUT2D eigenvalue weighted by molar-refractivity contribution is -0.274. The van der Waals surface area contributed by atoms with Gasteiger partial charge in [-0.25, -0.2) is 0 Å². The minimum absolute atomic E-state index is 0.239. The second kappa shape index (κ2) is 6.44. The van der Waals surface area contributed by atoms with Gasteiger partial charge in [0.25, 0.3) is 0 Å². The predicted molar refractivity (Wildman–Crippen MR) is 79.2 cm³/mol. The van der Waals surface area contributed by atoms with Crippen LogP contribution in [0.25, 0.3) is 11.4 Å². The zero-order chi connectivity index (χ0) is 17.2. The van der Waals surface area contributed by atoms with Crippen molar-refractivity contribution in [2.24, 2.45) is 10.7 Å². The molecule has 1 aromatic heterocycles. The number of allylic oxidation sites excluding steroid dienone is 1. The Morgan fingerprint density at radius 3 is 2.62 bits per heavy atom. The molecule has 0 saturated carbocycles. The number of rotatable bonds is 5. The van der Waals surface area contributed by atoms with Crippen LogP contribution in [0.4, 0.5) is 13.2 Å². The highest BCUT2D eigenvalue weighted by atomic mass is 19.4. The van der Waals surface area contributed by atoms with Gasteiger partial charge < -0.3 is 15.0 Å². The first-order valence-corrected chi connectivity index (χ1v) is 7.07. The average molecular weight is 338 g/mol. The van der Waals surface area contributed by atoms with E-state index >= 15 is 0 Å². The maximum Gasteiger partial charge on any atom is 0.573 e. The second-order valence-corrected chi connectivity index (χ2v) is 5.08. The maximum atomic E-state index is 12.1. The fourth-order valence-electron chi connectivity index (χ4n) is 2.17. The van der Waals surface area contributed by atoms with Crippen LogP contribution >= 0.6 is 0 Å². The fourth-order valence-corrected chi connectivity index (χ4v) is 2.17. The third-order valence-corrected chi connectivity index (χ3v) is 3.25. The summed E-state index contributed by atoms with van der Waals surface area (Å²) in [5, 5.41) is 3.80. The molecule has 6 nitrogen and oxygen atoms in total. The Hall–Kier alpha value is -2.68. The van der Waals surface area contributed by atoms with Crippen LogP contribution in [0.15, 0.2) is 45.6 Å². The number of nitrogens with zero attached hydrogens (tertiary/aromatic N) is 3. The van der Waals surface area contributed by atoms with E-state index in [4.69, 9.17) is 10.3 Å².